The number of aromatic hydroxyl groups is 1. The summed E-state index contributed by atoms with van der Waals surface area (Å²) in [6.45, 7) is 7.94. The summed E-state index contributed by atoms with van der Waals surface area (Å²) in [6.07, 6.45) is 1.44. The summed E-state index contributed by atoms with van der Waals surface area (Å²) >= 11 is 0. The Morgan fingerprint density at radius 1 is 0.500 bits per heavy atom. The normalized spacial score (nSPS) is 16.2. The molecule has 2 heterocycles. The van der Waals surface area contributed by atoms with Gasteiger partial charge in [-0.05, 0) is 121 Å². The molecule has 8 rings (SSSR count). The first-order chi connectivity index (χ1) is 34.6. The van der Waals surface area contributed by atoms with Crippen LogP contribution in [0.1, 0.15) is 123 Å². The monoisotopic (exact) mass is 829 g/mol. The van der Waals surface area contributed by atoms with E-state index < -0.39 is 61.1 Å². The van der Waals surface area contributed by atoms with Crippen molar-refractivity contribution in [1.82, 2.24) is 14.5 Å². The molecule has 4 nitrogen and oxygen atoms in total. The highest BCUT2D eigenvalue weighted by molar-refractivity contribution is 5.97. The van der Waals surface area contributed by atoms with Crippen LogP contribution in [-0.4, -0.2) is 19.6 Å². The zero-order chi connectivity index (χ0) is 55.3. The predicted molar refractivity (Wildman–Crippen MR) is 263 cm³/mol. The second-order valence-electron chi connectivity index (χ2n) is 19.2. The third-order valence-corrected chi connectivity index (χ3v) is 11.4. The highest BCUT2D eigenvalue weighted by Gasteiger charge is 2.25. The summed E-state index contributed by atoms with van der Waals surface area (Å²) in [7, 11) is 0. The molecule has 0 aliphatic carbocycles. The van der Waals surface area contributed by atoms with Crippen molar-refractivity contribution in [2.45, 2.75) is 105 Å². The standard InChI is InChI=1S/C58H61N3O/c1-55(2,3)42-24-20-37(21-25-42)39-30-31-59-49(35-39)41-32-40(33-45(34-41)58(10,11)12)46-17-15-18-51-53(46)60-54(47-16-13-14-19-52(47)62)61(51)50-29-28-44(57(7,8)9)36-48(50)38-22-26-43(27-23-38)56(4,5)6/h13-36,62H,1-12H3/i1D3,2D3,3D3,20D,21D,24D,25D. The molecule has 0 aliphatic rings. The van der Waals surface area contributed by atoms with Crippen molar-refractivity contribution in [3.8, 4) is 67.5 Å². The molecule has 0 spiro atoms. The van der Waals surface area contributed by atoms with Crippen LogP contribution in [-0.2, 0) is 21.7 Å². The van der Waals surface area contributed by atoms with Crippen LogP contribution in [0.5, 0.6) is 5.75 Å². The maximum Gasteiger partial charge on any atom is 0.149 e. The van der Waals surface area contributed by atoms with Gasteiger partial charge in [-0.15, -0.1) is 0 Å². The maximum absolute atomic E-state index is 11.5. The molecule has 1 N–H and O–H groups in total. The van der Waals surface area contributed by atoms with E-state index in [2.05, 4.69) is 115 Å². The third-order valence-electron chi connectivity index (χ3n) is 11.4. The fourth-order valence-corrected chi connectivity index (χ4v) is 7.75. The molecule has 0 fully saturated rings. The number of hydrogen-bond donors (Lipinski definition) is 1. The molecule has 62 heavy (non-hydrogen) atoms. The summed E-state index contributed by atoms with van der Waals surface area (Å²) in [6, 6.07) is 33.5. The Bertz CT molecular complexity index is 3450. The molecule has 314 valence electrons. The fourth-order valence-electron chi connectivity index (χ4n) is 7.75. The highest BCUT2D eigenvalue weighted by atomic mass is 16.3. The number of benzene rings is 6. The Balaban J connectivity index is 1.36. The third kappa shape index (κ3) is 8.36. The minimum atomic E-state index is -3.80. The zero-order valence-corrected chi connectivity index (χ0v) is 36.8. The highest BCUT2D eigenvalue weighted by Crippen LogP contribution is 2.43. The number of phenols is 1. The van der Waals surface area contributed by atoms with Crippen molar-refractivity contribution in [3.05, 3.63) is 168 Å². The maximum atomic E-state index is 11.5. The quantitative estimate of drug-likeness (QED) is 0.182. The first-order valence-electron chi connectivity index (χ1n) is 27.4. The van der Waals surface area contributed by atoms with Gasteiger partial charge >= 0.3 is 0 Å². The van der Waals surface area contributed by atoms with Gasteiger partial charge < -0.3 is 5.11 Å². The van der Waals surface area contributed by atoms with Crippen LogP contribution in [0.4, 0.5) is 0 Å². The van der Waals surface area contributed by atoms with Crippen LogP contribution in [0.3, 0.4) is 0 Å². The molecule has 4 heteroatoms. The number of para-hydroxylation sites is 2. The van der Waals surface area contributed by atoms with Gasteiger partial charge in [-0.1, -0.05) is 168 Å². The summed E-state index contributed by atoms with van der Waals surface area (Å²) in [5, 5.41) is 11.5. The van der Waals surface area contributed by atoms with Crippen molar-refractivity contribution in [1.29, 1.82) is 0 Å². The fraction of sp³-hybridized carbons (Fsp3) is 0.276. The Hall–Kier alpha value is -6.26. The van der Waals surface area contributed by atoms with Crippen LogP contribution in [0.15, 0.2) is 146 Å². The van der Waals surface area contributed by atoms with E-state index in [-0.39, 0.29) is 27.7 Å². The number of hydrogen-bond acceptors (Lipinski definition) is 3. The molecular weight excluding hydrogens is 755 g/mol. The van der Waals surface area contributed by atoms with Crippen LogP contribution in [0.2, 0.25) is 0 Å². The van der Waals surface area contributed by atoms with Crippen LogP contribution >= 0.6 is 0 Å². The van der Waals surface area contributed by atoms with Gasteiger partial charge in [-0.2, -0.15) is 0 Å². The van der Waals surface area contributed by atoms with E-state index in [9.17, 15) is 5.11 Å². The van der Waals surface area contributed by atoms with E-state index in [0.29, 0.717) is 28.2 Å². The molecule has 0 amide bonds. The number of fused-ring (bicyclic) bond motifs is 1. The summed E-state index contributed by atoms with van der Waals surface area (Å²) < 4.78 is 112. The van der Waals surface area contributed by atoms with Crippen molar-refractivity contribution in [2.24, 2.45) is 0 Å². The molecule has 0 bridgehead atoms. The summed E-state index contributed by atoms with van der Waals surface area (Å²) in [5.74, 6) is 0.580. The predicted octanol–water partition coefficient (Wildman–Crippen LogP) is 15.7. The lowest BCUT2D eigenvalue weighted by Crippen LogP contribution is -2.12. The smallest absolute Gasteiger partial charge is 0.149 e. The molecule has 8 aromatic rings. The topological polar surface area (TPSA) is 50.9 Å². The van der Waals surface area contributed by atoms with Crippen molar-refractivity contribution >= 4 is 11.0 Å². The van der Waals surface area contributed by atoms with E-state index in [0.717, 1.165) is 44.6 Å². The molecular formula is C58H61N3O. The van der Waals surface area contributed by atoms with Gasteiger partial charge in [-0.3, -0.25) is 9.55 Å². The Labute approximate surface area is 387 Å². The van der Waals surface area contributed by atoms with Crippen molar-refractivity contribution in [3.63, 3.8) is 0 Å². The average Bonchev–Trinajstić information content (AvgIpc) is 3.69. The Kier molecular flexibility index (Phi) is 7.32. The van der Waals surface area contributed by atoms with Crippen molar-refractivity contribution in [2.75, 3.05) is 0 Å². The van der Waals surface area contributed by atoms with Crippen LogP contribution in [0.25, 0.3) is 72.7 Å². The number of rotatable bonds is 6. The molecule has 2 aromatic heterocycles. The lowest BCUT2D eigenvalue weighted by molar-refractivity contribution is 0.477. The largest absolute Gasteiger partial charge is 0.507 e. The van der Waals surface area contributed by atoms with Crippen LogP contribution in [0, 0.1) is 0 Å². The van der Waals surface area contributed by atoms with E-state index in [1.807, 2.05) is 42.5 Å². The molecule has 0 radical (unpaired) electrons. The SMILES string of the molecule is [2H]c1c([2H])c(C(C([2H])([2H])[2H])(C([2H])([2H])[2H])C([2H])([2H])[2H])c([2H])c([2H])c1-c1ccnc(-c2cc(-c3cccc4c3nc(-c3ccccc3O)n4-c3ccc(C(C)(C)C)cc3-c3ccc(C(C)(C)C)cc3)cc(C(C)(C)C)c2)c1. The van der Waals surface area contributed by atoms with Gasteiger partial charge in [0.25, 0.3) is 0 Å². The number of imidazole rings is 1. The minimum Gasteiger partial charge on any atom is -0.507 e. The molecule has 6 aromatic carbocycles. The second kappa shape index (κ2) is 15.6. The molecule has 0 saturated carbocycles. The van der Waals surface area contributed by atoms with Gasteiger partial charge in [0.1, 0.15) is 11.6 Å². The van der Waals surface area contributed by atoms with E-state index >= 15 is 0 Å². The van der Waals surface area contributed by atoms with Gasteiger partial charge in [-0.25, -0.2) is 4.98 Å². The van der Waals surface area contributed by atoms with Crippen molar-refractivity contribution < 1.29 is 22.9 Å². The molecule has 0 unspecified atom stereocenters. The van der Waals surface area contributed by atoms with E-state index in [1.54, 1.807) is 18.2 Å². The van der Waals surface area contributed by atoms with Crippen LogP contribution < -0.4 is 0 Å². The summed E-state index contributed by atoms with van der Waals surface area (Å²) in [4.78, 5) is 10.1. The number of phenolic OH excluding ortho intramolecular Hbond substituents is 1. The summed E-state index contributed by atoms with van der Waals surface area (Å²) in [5.41, 5.74) is 4.83. The second-order valence-corrected chi connectivity index (χ2v) is 19.2. The number of aromatic nitrogens is 3. The van der Waals surface area contributed by atoms with Gasteiger partial charge in [0.15, 0.2) is 0 Å². The first kappa shape index (κ1) is 29.1. The molecule has 0 atom stereocenters. The Morgan fingerprint density at radius 2 is 1.15 bits per heavy atom. The first-order valence-corrected chi connectivity index (χ1v) is 20.9. The van der Waals surface area contributed by atoms with Gasteiger partial charge in [0.05, 0.1) is 33.5 Å². The lowest BCUT2D eigenvalue weighted by Gasteiger charge is -2.24. The zero-order valence-electron chi connectivity index (χ0n) is 49.8. The minimum absolute atomic E-state index is 0.0539. The Morgan fingerprint density at radius 3 is 1.81 bits per heavy atom. The van der Waals surface area contributed by atoms with Gasteiger partial charge in [0, 0.05) is 35.2 Å². The average molecular weight is 829 g/mol. The number of nitrogens with zero attached hydrogens (tertiary/aromatic N) is 3. The molecule has 0 aliphatic heterocycles. The van der Waals surface area contributed by atoms with E-state index in [4.69, 9.17) is 27.8 Å². The number of pyridine rings is 1. The van der Waals surface area contributed by atoms with Gasteiger partial charge in [0.2, 0.25) is 0 Å². The molecule has 0 saturated heterocycles. The van der Waals surface area contributed by atoms with E-state index in [1.165, 1.54) is 17.8 Å². The lowest BCUT2D eigenvalue weighted by atomic mass is 9.83.